The van der Waals surface area contributed by atoms with Crippen LogP contribution in [0.3, 0.4) is 0 Å². The molecule has 3 rings (SSSR count). The largest absolute Gasteiger partial charge is 0.341 e. The average Bonchev–Trinajstić information content (AvgIpc) is 2.94. The van der Waals surface area contributed by atoms with E-state index in [1.165, 1.54) is 11.0 Å². The summed E-state index contributed by atoms with van der Waals surface area (Å²) in [7, 11) is 1.67. The van der Waals surface area contributed by atoms with Gasteiger partial charge in [-0.2, -0.15) is 5.10 Å². The minimum Gasteiger partial charge on any atom is -0.341 e. The summed E-state index contributed by atoms with van der Waals surface area (Å²) in [5, 5.41) is 3.61. The fourth-order valence-electron chi connectivity index (χ4n) is 2.48. The normalized spacial score (nSPS) is 16.0. The van der Waals surface area contributed by atoms with Crippen LogP contribution in [0.1, 0.15) is 12.8 Å². The molecule has 22 heavy (non-hydrogen) atoms. The number of carbonyl (C=O) groups is 1. The summed E-state index contributed by atoms with van der Waals surface area (Å²) in [6.45, 7) is 1.21. The summed E-state index contributed by atoms with van der Waals surface area (Å²) in [5.74, 6) is 0.0779. The molecule has 0 radical (unpaired) electrons. The molecule has 7 nitrogen and oxygen atoms in total. The highest BCUT2D eigenvalue weighted by Crippen LogP contribution is 2.25. The smallest absolute Gasteiger partial charge is 0.226 e. The predicted octanol–water partition coefficient (Wildman–Crippen LogP) is 1.39. The van der Waals surface area contributed by atoms with Gasteiger partial charge >= 0.3 is 0 Å². The number of aromatic nitrogens is 5. The molecule has 0 spiro atoms. The van der Waals surface area contributed by atoms with Gasteiger partial charge in [0, 0.05) is 26.1 Å². The van der Waals surface area contributed by atoms with Gasteiger partial charge in [0.25, 0.3) is 0 Å². The highest BCUT2D eigenvalue weighted by atomic mass is 35.5. The first-order valence-electron chi connectivity index (χ1n) is 6.87. The van der Waals surface area contributed by atoms with Crippen molar-refractivity contribution < 1.29 is 9.18 Å². The molecule has 0 saturated carbocycles. The molecule has 0 atom stereocenters. The maximum absolute atomic E-state index is 14.0. The summed E-state index contributed by atoms with van der Waals surface area (Å²) in [6, 6.07) is 0. The van der Waals surface area contributed by atoms with Gasteiger partial charge in [0.1, 0.15) is 12.0 Å². The summed E-state index contributed by atoms with van der Waals surface area (Å²) in [4.78, 5) is 25.4. The van der Waals surface area contributed by atoms with E-state index >= 15 is 0 Å². The first-order chi connectivity index (χ1) is 10.6. The summed E-state index contributed by atoms with van der Waals surface area (Å²) in [6.07, 6.45) is 3.75. The lowest BCUT2D eigenvalue weighted by Crippen LogP contribution is -2.36. The fraction of sp³-hybridized carbons (Fsp3) is 0.462. The molecule has 0 aromatic carbocycles. The molecule has 1 fully saturated rings. The molecule has 2 aromatic rings. The SMILES string of the molecule is Cn1ncnc1-c1nc(N2CCC(C(=O)Cl)CC2)ncc1F. The molecule has 1 aliphatic rings. The Morgan fingerprint density at radius 1 is 1.36 bits per heavy atom. The van der Waals surface area contributed by atoms with E-state index in [1.54, 1.807) is 7.05 Å². The van der Waals surface area contributed by atoms with Crippen molar-refractivity contribution in [3.8, 4) is 11.5 Å². The Hall–Kier alpha value is -2.09. The molecule has 0 aliphatic carbocycles. The standard InChI is InChI=1S/C13H14ClFN6O/c1-20-12(17-7-18-20)10-9(15)6-16-13(19-10)21-4-2-8(3-5-21)11(14)22/h6-8H,2-5H2,1H3. The second-order valence-electron chi connectivity index (χ2n) is 5.14. The van der Waals surface area contributed by atoms with Gasteiger partial charge in [0.2, 0.25) is 11.2 Å². The van der Waals surface area contributed by atoms with E-state index < -0.39 is 5.82 Å². The van der Waals surface area contributed by atoms with Crippen molar-refractivity contribution in [1.82, 2.24) is 24.7 Å². The Balaban J connectivity index is 1.84. The second-order valence-corrected chi connectivity index (χ2v) is 5.51. The van der Waals surface area contributed by atoms with E-state index in [0.29, 0.717) is 37.7 Å². The van der Waals surface area contributed by atoms with E-state index in [4.69, 9.17) is 11.6 Å². The van der Waals surface area contributed by atoms with Gasteiger partial charge < -0.3 is 4.90 Å². The van der Waals surface area contributed by atoms with Crippen LogP contribution in [0.4, 0.5) is 10.3 Å². The third-order valence-corrected chi connectivity index (χ3v) is 4.06. The van der Waals surface area contributed by atoms with Crippen LogP contribution in [0.2, 0.25) is 0 Å². The third kappa shape index (κ3) is 2.78. The number of nitrogens with zero attached hydrogens (tertiary/aromatic N) is 6. The first kappa shape index (κ1) is 14.8. The highest BCUT2D eigenvalue weighted by molar-refractivity contribution is 6.64. The van der Waals surface area contributed by atoms with E-state index in [-0.39, 0.29) is 16.9 Å². The second kappa shape index (κ2) is 5.96. The topological polar surface area (TPSA) is 76.8 Å². The van der Waals surface area contributed by atoms with Crippen LogP contribution in [0.5, 0.6) is 0 Å². The van der Waals surface area contributed by atoms with Gasteiger partial charge in [0.05, 0.1) is 6.20 Å². The molecule has 0 bridgehead atoms. The Morgan fingerprint density at radius 2 is 2.09 bits per heavy atom. The van der Waals surface area contributed by atoms with Crippen molar-refractivity contribution in [3.63, 3.8) is 0 Å². The van der Waals surface area contributed by atoms with Gasteiger partial charge in [-0.1, -0.05) is 0 Å². The molecule has 116 valence electrons. The van der Waals surface area contributed by atoms with Crippen molar-refractivity contribution in [2.45, 2.75) is 12.8 Å². The molecule has 1 saturated heterocycles. The van der Waals surface area contributed by atoms with Crippen LogP contribution in [0.25, 0.3) is 11.5 Å². The first-order valence-corrected chi connectivity index (χ1v) is 7.25. The molecule has 9 heteroatoms. The average molecular weight is 325 g/mol. The van der Waals surface area contributed by atoms with E-state index in [9.17, 15) is 9.18 Å². The number of carbonyl (C=O) groups excluding carboxylic acids is 1. The number of aryl methyl sites for hydroxylation is 1. The van der Waals surface area contributed by atoms with Crippen LogP contribution >= 0.6 is 11.6 Å². The van der Waals surface area contributed by atoms with Gasteiger partial charge in [0.15, 0.2) is 11.6 Å². The molecule has 0 amide bonds. The van der Waals surface area contributed by atoms with Crippen LogP contribution in [0, 0.1) is 11.7 Å². The lowest BCUT2D eigenvalue weighted by molar-refractivity contribution is -0.115. The number of piperidine rings is 1. The molecule has 2 aromatic heterocycles. The Bertz CT molecular complexity index is 698. The predicted molar refractivity (Wildman–Crippen MR) is 77.8 cm³/mol. The molecule has 1 aliphatic heterocycles. The van der Waals surface area contributed by atoms with E-state index in [0.717, 1.165) is 6.20 Å². The Morgan fingerprint density at radius 3 is 2.68 bits per heavy atom. The lowest BCUT2D eigenvalue weighted by atomic mass is 9.99. The Kier molecular flexibility index (Phi) is 4.02. The van der Waals surface area contributed by atoms with Crippen molar-refractivity contribution in [1.29, 1.82) is 0 Å². The number of rotatable bonds is 3. The van der Waals surface area contributed by atoms with Crippen molar-refractivity contribution in [2.75, 3.05) is 18.0 Å². The van der Waals surface area contributed by atoms with E-state index in [2.05, 4.69) is 20.1 Å². The van der Waals surface area contributed by atoms with Crippen molar-refractivity contribution in [3.05, 3.63) is 18.3 Å². The van der Waals surface area contributed by atoms with Crippen LogP contribution in [0.15, 0.2) is 12.5 Å². The third-order valence-electron chi connectivity index (χ3n) is 3.75. The van der Waals surface area contributed by atoms with Crippen LogP contribution in [-0.2, 0) is 11.8 Å². The fourth-order valence-corrected chi connectivity index (χ4v) is 2.70. The number of halogens is 2. The summed E-state index contributed by atoms with van der Waals surface area (Å²) >= 11 is 5.53. The Labute approximate surface area is 131 Å². The number of anilines is 1. The lowest BCUT2D eigenvalue weighted by Gasteiger charge is -2.30. The van der Waals surface area contributed by atoms with Gasteiger partial charge in [-0.05, 0) is 24.4 Å². The zero-order chi connectivity index (χ0) is 15.7. The molecule has 0 unspecified atom stereocenters. The monoisotopic (exact) mass is 324 g/mol. The molecular weight excluding hydrogens is 311 g/mol. The quantitative estimate of drug-likeness (QED) is 0.794. The molecule has 0 N–H and O–H groups in total. The van der Waals surface area contributed by atoms with Gasteiger partial charge in [-0.3, -0.25) is 4.79 Å². The van der Waals surface area contributed by atoms with Gasteiger partial charge in [-0.25, -0.2) is 24.0 Å². The zero-order valence-electron chi connectivity index (χ0n) is 11.9. The molecule has 3 heterocycles. The zero-order valence-corrected chi connectivity index (χ0v) is 12.7. The van der Waals surface area contributed by atoms with Gasteiger partial charge in [-0.15, -0.1) is 0 Å². The van der Waals surface area contributed by atoms with E-state index in [1.807, 2.05) is 4.90 Å². The summed E-state index contributed by atoms with van der Waals surface area (Å²) < 4.78 is 15.4. The maximum atomic E-state index is 14.0. The maximum Gasteiger partial charge on any atom is 0.226 e. The van der Waals surface area contributed by atoms with Crippen LogP contribution < -0.4 is 4.90 Å². The number of hydrogen-bond donors (Lipinski definition) is 0. The number of hydrogen-bond acceptors (Lipinski definition) is 6. The van der Waals surface area contributed by atoms with Crippen molar-refractivity contribution >= 4 is 22.8 Å². The minimum absolute atomic E-state index is 0.112. The van der Waals surface area contributed by atoms with Crippen molar-refractivity contribution in [2.24, 2.45) is 13.0 Å². The minimum atomic E-state index is -0.550. The summed E-state index contributed by atoms with van der Waals surface area (Å²) in [5.41, 5.74) is 0.112. The molecular formula is C13H14ClFN6O. The highest BCUT2D eigenvalue weighted by Gasteiger charge is 2.26. The van der Waals surface area contributed by atoms with Crippen LogP contribution in [-0.4, -0.2) is 43.1 Å².